The third kappa shape index (κ3) is 3.23. The largest absolute Gasteiger partial charge is 0.454 e. The Labute approximate surface area is 183 Å². The van der Waals surface area contributed by atoms with Crippen molar-refractivity contribution < 1.29 is 14.3 Å². The zero-order valence-corrected chi connectivity index (χ0v) is 17.8. The zero-order valence-electron chi connectivity index (χ0n) is 16.3. The van der Waals surface area contributed by atoms with Gasteiger partial charge in [-0.2, -0.15) is 0 Å². The Morgan fingerprint density at radius 3 is 2.77 bits per heavy atom. The molecule has 1 aliphatic carbocycles. The number of halogens is 1. The molecule has 1 aromatic heterocycles. The predicted molar refractivity (Wildman–Crippen MR) is 116 cm³/mol. The number of hydrogen-bond acceptors (Lipinski definition) is 6. The van der Waals surface area contributed by atoms with Gasteiger partial charge in [0.25, 0.3) is 0 Å². The van der Waals surface area contributed by atoms with Crippen molar-refractivity contribution in [1.82, 2.24) is 4.98 Å². The summed E-state index contributed by atoms with van der Waals surface area (Å²) in [7, 11) is 0. The van der Waals surface area contributed by atoms with Crippen molar-refractivity contribution in [3.63, 3.8) is 0 Å². The smallest absolute Gasteiger partial charge is 0.236 e. The summed E-state index contributed by atoms with van der Waals surface area (Å²) in [6, 6.07) is 12.8. The number of carbonyl (C=O) groups excluding carboxylic acids is 1. The van der Waals surface area contributed by atoms with E-state index in [9.17, 15) is 4.79 Å². The first-order chi connectivity index (χ1) is 14.5. The molecule has 3 aromatic rings. The quantitative estimate of drug-likeness (QED) is 0.606. The molecule has 0 bridgehead atoms. The molecular formula is C22H20ClN3O3S. The van der Waals surface area contributed by atoms with E-state index in [1.807, 2.05) is 49.4 Å². The van der Waals surface area contributed by atoms with Crippen molar-refractivity contribution in [2.45, 2.75) is 31.2 Å². The van der Waals surface area contributed by atoms with Gasteiger partial charge < -0.3 is 20.5 Å². The fourth-order valence-corrected chi connectivity index (χ4v) is 5.04. The summed E-state index contributed by atoms with van der Waals surface area (Å²) in [5.74, 6) is 1.33. The Morgan fingerprint density at radius 2 is 2.00 bits per heavy atom. The lowest BCUT2D eigenvalue weighted by atomic mass is 9.94. The van der Waals surface area contributed by atoms with Crippen molar-refractivity contribution in [1.29, 1.82) is 0 Å². The van der Waals surface area contributed by atoms with Gasteiger partial charge in [0.15, 0.2) is 16.6 Å². The van der Waals surface area contributed by atoms with Crippen LogP contribution in [0.3, 0.4) is 0 Å². The van der Waals surface area contributed by atoms with Gasteiger partial charge in [0.05, 0.1) is 22.0 Å². The van der Waals surface area contributed by atoms with Crippen LogP contribution >= 0.6 is 22.9 Å². The number of aryl methyl sites for hydroxylation is 1. The van der Waals surface area contributed by atoms with Crippen LogP contribution in [-0.4, -0.2) is 17.7 Å². The highest BCUT2D eigenvalue weighted by molar-refractivity contribution is 7.16. The van der Waals surface area contributed by atoms with E-state index in [1.54, 1.807) is 0 Å². The van der Waals surface area contributed by atoms with Crippen LogP contribution in [0.15, 0.2) is 42.5 Å². The minimum atomic E-state index is -0.550. The molecule has 1 amide bonds. The molecule has 2 aromatic carbocycles. The van der Waals surface area contributed by atoms with Crippen LogP contribution in [0.5, 0.6) is 11.5 Å². The van der Waals surface area contributed by atoms with Crippen molar-refractivity contribution >= 4 is 34.0 Å². The summed E-state index contributed by atoms with van der Waals surface area (Å²) in [5, 5.41) is 4.16. The van der Waals surface area contributed by atoms with Gasteiger partial charge in [0, 0.05) is 5.02 Å². The van der Waals surface area contributed by atoms with E-state index in [1.165, 1.54) is 11.3 Å². The number of nitrogens with two attached hydrogens (primary N) is 1. The maximum absolute atomic E-state index is 13.1. The lowest BCUT2D eigenvalue weighted by Gasteiger charge is -2.15. The van der Waals surface area contributed by atoms with Gasteiger partial charge in [-0.3, -0.25) is 4.79 Å². The molecule has 5 rings (SSSR count). The van der Waals surface area contributed by atoms with Crippen LogP contribution in [0, 0.1) is 6.92 Å². The number of rotatable bonds is 5. The number of anilines is 1. The Balaban J connectivity index is 1.37. The predicted octanol–water partition coefficient (Wildman–Crippen LogP) is 4.55. The molecule has 30 heavy (non-hydrogen) atoms. The van der Waals surface area contributed by atoms with Gasteiger partial charge in [-0.15, -0.1) is 0 Å². The van der Waals surface area contributed by atoms with Gasteiger partial charge in [-0.05, 0) is 49.1 Å². The highest BCUT2D eigenvalue weighted by Gasteiger charge is 2.52. The van der Waals surface area contributed by atoms with Gasteiger partial charge >= 0.3 is 0 Å². The Bertz CT molecular complexity index is 1140. The van der Waals surface area contributed by atoms with E-state index in [2.05, 4.69) is 10.3 Å². The molecule has 6 nitrogen and oxygen atoms in total. The maximum Gasteiger partial charge on any atom is 0.236 e. The normalized spacial score (nSPS) is 16.9. The Kier molecular flexibility index (Phi) is 4.69. The van der Waals surface area contributed by atoms with Crippen molar-refractivity contribution in [3.8, 4) is 11.5 Å². The monoisotopic (exact) mass is 441 g/mol. The number of nitrogens with zero attached hydrogens (tertiary/aromatic N) is 1. The highest BCUT2D eigenvalue weighted by atomic mass is 35.5. The molecule has 0 saturated heterocycles. The number of fused-ring (bicyclic) bond motifs is 1. The maximum atomic E-state index is 13.1. The van der Waals surface area contributed by atoms with Crippen molar-refractivity contribution in [3.05, 3.63) is 69.2 Å². The molecule has 1 aliphatic heterocycles. The summed E-state index contributed by atoms with van der Waals surface area (Å²) < 4.78 is 10.8. The minimum Gasteiger partial charge on any atom is -0.454 e. The Morgan fingerprint density at radius 1 is 1.23 bits per heavy atom. The number of nitrogens with one attached hydrogen (secondary N) is 1. The second-order valence-corrected chi connectivity index (χ2v) is 9.01. The zero-order chi connectivity index (χ0) is 20.9. The number of aromatic nitrogens is 1. The SMILES string of the molecule is Cc1nc(NC(=O)C2(c3ccc4c(c3)OCO4)CC2)sc1[C@@H](N)c1ccccc1Cl. The van der Waals surface area contributed by atoms with Gasteiger partial charge in [0.2, 0.25) is 12.7 Å². The standard InChI is InChI=1S/C22H20ClN3O3S/c1-12-19(18(24)14-4-2-3-5-15(14)23)30-21(25-12)26-20(27)22(8-9-22)13-6-7-16-17(10-13)29-11-28-16/h2-7,10,18H,8-9,11,24H2,1H3,(H,25,26,27)/t18-/m0/s1. The van der Waals surface area contributed by atoms with Crippen LogP contribution in [0.2, 0.25) is 5.02 Å². The molecule has 0 unspecified atom stereocenters. The molecule has 2 heterocycles. The lowest BCUT2D eigenvalue weighted by molar-refractivity contribution is -0.118. The summed E-state index contributed by atoms with van der Waals surface area (Å²) in [5.41, 5.74) is 8.46. The third-order valence-electron chi connectivity index (χ3n) is 5.69. The fraction of sp³-hybridized carbons (Fsp3) is 0.273. The first-order valence-corrected chi connectivity index (χ1v) is 10.9. The van der Waals surface area contributed by atoms with Crippen LogP contribution in [-0.2, 0) is 10.2 Å². The van der Waals surface area contributed by atoms with Crippen LogP contribution < -0.4 is 20.5 Å². The molecular weight excluding hydrogens is 422 g/mol. The number of thiazole rings is 1. The number of hydrogen-bond donors (Lipinski definition) is 2. The average Bonchev–Trinajstić information content (AvgIpc) is 3.28. The van der Waals surface area contributed by atoms with Gasteiger partial charge in [-0.25, -0.2) is 4.98 Å². The minimum absolute atomic E-state index is 0.0621. The number of benzene rings is 2. The summed E-state index contributed by atoms with van der Waals surface area (Å²) in [4.78, 5) is 18.6. The van der Waals surface area contributed by atoms with Crippen LogP contribution in [0.1, 0.15) is 40.6 Å². The summed E-state index contributed by atoms with van der Waals surface area (Å²) in [6.07, 6.45) is 1.57. The third-order valence-corrected chi connectivity index (χ3v) is 7.19. The molecule has 2 aliphatic rings. The topological polar surface area (TPSA) is 86.5 Å². The van der Waals surface area contributed by atoms with E-state index in [-0.39, 0.29) is 12.7 Å². The first-order valence-electron chi connectivity index (χ1n) is 9.67. The second-order valence-electron chi connectivity index (χ2n) is 7.57. The molecule has 1 fully saturated rings. The molecule has 0 spiro atoms. The van der Waals surface area contributed by atoms with E-state index < -0.39 is 11.5 Å². The summed E-state index contributed by atoms with van der Waals surface area (Å²) in [6.45, 7) is 2.10. The molecule has 0 radical (unpaired) electrons. The van der Waals surface area contributed by atoms with Crippen molar-refractivity contribution in [2.75, 3.05) is 12.1 Å². The average molecular weight is 442 g/mol. The van der Waals surface area contributed by atoms with Crippen molar-refractivity contribution in [2.24, 2.45) is 5.73 Å². The van der Waals surface area contributed by atoms with E-state index in [4.69, 9.17) is 26.8 Å². The van der Waals surface area contributed by atoms with Crippen LogP contribution in [0.4, 0.5) is 5.13 Å². The Hall–Kier alpha value is -2.61. The van der Waals surface area contributed by atoms with E-state index in [0.29, 0.717) is 21.7 Å². The van der Waals surface area contributed by atoms with Gasteiger partial charge in [-0.1, -0.05) is 47.2 Å². The highest BCUT2D eigenvalue weighted by Crippen LogP contribution is 2.51. The number of ether oxygens (including phenoxy) is 2. The molecule has 154 valence electrons. The van der Waals surface area contributed by atoms with E-state index in [0.717, 1.165) is 34.5 Å². The lowest BCUT2D eigenvalue weighted by Crippen LogP contribution is -2.27. The molecule has 3 N–H and O–H groups in total. The number of amides is 1. The molecule has 1 atom stereocenters. The van der Waals surface area contributed by atoms with Crippen LogP contribution in [0.25, 0.3) is 0 Å². The summed E-state index contributed by atoms with van der Waals surface area (Å²) >= 11 is 7.69. The van der Waals surface area contributed by atoms with Gasteiger partial charge in [0.1, 0.15) is 0 Å². The first kappa shape index (κ1) is 19.4. The van der Waals surface area contributed by atoms with E-state index >= 15 is 0 Å². The second kappa shape index (κ2) is 7.27. The molecule has 8 heteroatoms. The fourth-order valence-electron chi connectivity index (χ4n) is 3.80. The molecule has 1 saturated carbocycles. The number of carbonyl (C=O) groups is 1.